The maximum Gasteiger partial charge on any atom is 0.0622 e. The highest BCUT2D eigenvalue weighted by Crippen LogP contribution is 2.37. The van der Waals surface area contributed by atoms with Crippen LogP contribution >= 0.6 is 34.5 Å². The number of aliphatic hydroxyl groups is 1. The molecular weight excluding hydrogens is 471 g/mol. The van der Waals surface area contributed by atoms with Crippen LogP contribution in [0, 0.1) is 11.8 Å². The summed E-state index contributed by atoms with van der Waals surface area (Å²) < 4.78 is 0. The lowest BCUT2D eigenvalue weighted by molar-refractivity contribution is 0.0121. The molecular formula is C27H38Cl2N2OS. The van der Waals surface area contributed by atoms with Gasteiger partial charge >= 0.3 is 0 Å². The van der Waals surface area contributed by atoms with Crippen LogP contribution in [-0.2, 0) is 6.54 Å². The summed E-state index contributed by atoms with van der Waals surface area (Å²) in [7, 11) is 0. The van der Waals surface area contributed by atoms with Crippen molar-refractivity contribution in [3.05, 3.63) is 56.2 Å². The molecule has 1 unspecified atom stereocenters. The quantitative estimate of drug-likeness (QED) is 0.397. The van der Waals surface area contributed by atoms with E-state index in [1.165, 1.54) is 18.4 Å². The maximum absolute atomic E-state index is 10.7. The van der Waals surface area contributed by atoms with Gasteiger partial charge in [0.2, 0.25) is 0 Å². The van der Waals surface area contributed by atoms with E-state index < -0.39 is 5.60 Å². The molecule has 0 bridgehead atoms. The Morgan fingerprint density at radius 1 is 1.12 bits per heavy atom. The van der Waals surface area contributed by atoms with Crippen LogP contribution in [0.1, 0.15) is 63.0 Å². The van der Waals surface area contributed by atoms with Crippen LogP contribution < -0.4 is 0 Å². The van der Waals surface area contributed by atoms with Gasteiger partial charge in [-0.2, -0.15) is 11.3 Å². The van der Waals surface area contributed by atoms with Gasteiger partial charge in [0, 0.05) is 42.1 Å². The van der Waals surface area contributed by atoms with Crippen molar-refractivity contribution in [3.8, 4) is 0 Å². The number of hydrogen-bond acceptors (Lipinski definition) is 4. The third-order valence-corrected chi connectivity index (χ3v) is 8.90. The summed E-state index contributed by atoms with van der Waals surface area (Å²) in [4.78, 5) is 5.24. The zero-order valence-corrected chi connectivity index (χ0v) is 22.3. The molecule has 2 aromatic rings. The second kappa shape index (κ2) is 11.4. The Kier molecular flexibility index (Phi) is 8.81. The largest absolute Gasteiger partial charge is 0.390 e. The topological polar surface area (TPSA) is 26.7 Å². The van der Waals surface area contributed by atoms with Gasteiger partial charge in [0.1, 0.15) is 0 Å². The SMILES string of the molecule is CCCC(C)(O)CC1CCN(C[C@H]2CN(Cc3ccc(Cl)cc3Cl)C[C@@H]2c2ccsc2)CC1. The molecule has 3 nitrogen and oxygen atoms in total. The lowest BCUT2D eigenvalue weighted by Gasteiger charge is -2.37. The van der Waals surface area contributed by atoms with E-state index in [9.17, 15) is 5.11 Å². The molecule has 1 aromatic heterocycles. The van der Waals surface area contributed by atoms with Crippen molar-refractivity contribution in [3.63, 3.8) is 0 Å². The Labute approximate surface area is 213 Å². The number of piperidine rings is 1. The molecule has 182 valence electrons. The Balaban J connectivity index is 1.35. The number of nitrogens with zero attached hydrogens (tertiary/aromatic N) is 2. The van der Waals surface area contributed by atoms with Crippen LogP contribution in [0.15, 0.2) is 35.0 Å². The molecule has 6 heteroatoms. The fraction of sp³-hybridized carbons (Fsp3) is 0.630. The lowest BCUT2D eigenvalue weighted by atomic mass is 9.83. The summed E-state index contributed by atoms with van der Waals surface area (Å²) in [5.41, 5.74) is 2.14. The first-order chi connectivity index (χ1) is 15.8. The van der Waals surface area contributed by atoms with Gasteiger partial charge in [-0.15, -0.1) is 0 Å². The summed E-state index contributed by atoms with van der Waals surface area (Å²) in [5, 5.41) is 16.6. The van der Waals surface area contributed by atoms with Crippen molar-refractivity contribution >= 4 is 34.5 Å². The van der Waals surface area contributed by atoms with Crippen LogP contribution in [0.2, 0.25) is 10.0 Å². The van der Waals surface area contributed by atoms with Crippen LogP contribution in [-0.4, -0.2) is 53.2 Å². The van der Waals surface area contributed by atoms with Crippen molar-refractivity contribution < 1.29 is 5.11 Å². The van der Waals surface area contributed by atoms with E-state index in [0.717, 1.165) is 69.1 Å². The van der Waals surface area contributed by atoms with E-state index in [1.54, 1.807) is 11.3 Å². The van der Waals surface area contributed by atoms with Crippen molar-refractivity contribution in [2.75, 3.05) is 32.7 Å². The molecule has 0 aliphatic carbocycles. The van der Waals surface area contributed by atoms with Gasteiger partial charge < -0.3 is 10.0 Å². The average molecular weight is 510 g/mol. The number of hydrogen-bond donors (Lipinski definition) is 1. The first-order valence-corrected chi connectivity index (χ1v) is 14.2. The summed E-state index contributed by atoms with van der Waals surface area (Å²) in [5.74, 6) is 1.86. The van der Waals surface area contributed by atoms with Crippen LogP contribution in [0.25, 0.3) is 0 Å². The molecule has 33 heavy (non-hydrogen) atoms. The van der Waals surface area contributed by atoms with Gasteiger partial charge in [-0.3, -0.25) is 4.90 Å². The third-order valence-electron chi connectivity index (χ3n) is 7.61. The normalized spacial score (nSPS) is 24.9. The number of thiophene rings is 1. The van der Waals surface area contributed by atoms with Crippen LogP contribution in [0.5, 0.6) is 0 Å². The Bertz CT molecular complexity index is 880. The van der Waals surface area contributed by atoms with Gasteiger partial charge in [-0.25, -0.2) is 0 Å². The number of benzene rings is 1. The van der Waals surface area contributed by atoms with Crippen molar-refractivity contribution in [1.29, 1.82) is 0 Å². The summed E-state index contributed by atoms with van der Waals surface area (Å²) in [6, 6.07) is 8.16. The average Bonchev–Trinajstić information content (AvgIpc) is 3.41. The summed E-state index contributed by atoms with van der Waals surface area (Å²) in [6.07, 6.45) is 5.32. The van der Waals surface area contributed by atoms with Gasteiger partial charge in [-0.1, -0.05) is 42.6 Å². The van der Waals surface area contributed by atoms with E-state index in [1.807, 2.05) is 19.1 Å². The number of likely N-dealkylation sites (tertiary alicyclic amines) is 2. The molecule has 0 radical (unpaired) electrons. The van der Waals surface area contributed by atoms with Gasteiger partial charge in [0.25, 0.3) is 0 Å². The van der Waals surface area contributed by atoms with E-state index >= 15 is 0 Å². The third kappa shape index (κ3) is 6.96. The van der Waals surface area contributed by atoms with Crippen molar-refractivity contribution in [1.82, 2.24) is 9.80 Å². The van der Waals surface area contributed by atoms with Gasteiger partial charge in [-0.05, 0) is 97.6 Å². The molecule has 2 fully saturated rings. The molecule has 2 aliphatic heterocycles. The molecule has 4 rings (SSSR count). The molecule has 0 saturated carbocycles. The molecule has 3 atom stereocenters. The van der Waals surface area contributed by atoms with E-state index in [4.69, 9.17) is 23.2 Å². The molecule has 1 N–H and O–H groups in total. The highest BCUT2D eigenvalue weighted by molar-refractivity contribution is 7.08. The first-order valence-electron chi connectivity index (χ1n) is 12.5. The Morgan fingerprint density at radius 2 is 1.91 bits per heavy atom. The zero-order valence-electron chi connectivity index (χ0n) is 20.0. The minimum Gasteiger partial charge on any atom is -0.390 e. The predicted octanol–water partition coefficient (Wildman–Crippen LogP) is 6.92. The minimum atomic E-state index is -0.499. The maximum atomic E-state index is 10.7. The number of halogens is 2. The molecule has 2 saturated heterocycles. The standard InChI is InChI=1S/C27H38Cl2N2OS/c1-3-9-27(2,32)14-20-6-10-30(11-7-20)16-23-17-31(18-25(23)22-8-12-33-19-22)15-21-4-5-24(28)13-26(21)29/h4-5,8,12-13,19-20,23,25,32H,3,6-7,9-11,14-18H2,1-2H3/t23-,25+,27?/m0/s1. The number of rotatable bonds is 9. The van der Waals surface area contributed by atoms with Crippen molar-refractivity contribution in [2.45, 2.75) is 64.0 Å². The monoisotopic (exact) mass is 508 g/mol. The fourth-order valence-electron chi connectivity index (χ4n) is 6.00. The van der Waals surface area contributed by atoms with Crippen LogP contribution in [0.4, 0.5) is 0 Å². The molecule has 0 amide bonds. The van der Waals surface area contributed by atoms with Crippen molar-refractivity contribution in [2.24, 2.45) is 11.8 Å². The minimum absolute atomic E-state index is 0.499. The first kappa shape index (κ1) is 25.5. The van der Waals surface area contributed by atoms with E-state index in [-0.39, 0.29) is 0 Å². The second-order valence-electron chi connectivity index (χ2n) is 10.5. The molecule has 3 heterocycles. The Morgan fingerprint density at radius 3 is 2.58 bits per heavy atom. The highest BCUT2D eigenvalue weighted by Gasteiger charge is 2.36. The summed E-state index contributed by atoms with van der Waals surface area (Å²) in [6.45, 7) is 10.7. The second-order valence-corrected chi connectivity index (χ2v) is 12.2. The fourth-order valence-corrected chi connectivity index (χ4v) is 7.19. The van der Waals surface area contributed by atoms with Gasteiger partial charge in [0.05, 0.1) is 5.60 Å². The van der Waals surface area contributed by atoms with E-state index in [0.29, 0.717) is 22.8 Å². The van der Waals surface area contributed by atoms with Crippen LogP contribution in [0.3, 0.4) is 0 Å². The smallest absolute Gasteiger partial charge is 0.0622 e. The predicted molar refractivity (Wildman–Crippen MR) is 142 cm³/mol. The van der Waals surface area contributed by atoms with E-state index in [2.05, 4.69) is 39.6 Å². The zero-order chi connectivity index (χ0) is 23.4. The van der Waals surface area contributed by atoms with Gasteiger partial charge in [0.15, 0.2) is 0 Å². The molecule has 1 aromatic carbocycles. The highest BCUT2D eigenvalue weighted by atomic mass is 35.5. The molecule has 0 spiro atoms. The lowest BCUT2D eigenvalue weighted by Crippen LogP contribution is -2.40. The summed E-state index contributed by atoms with van der Waals surface area (Å²) >= 11 is 14.4. The Hall–Kier alpha value is -0.620. The molecule has 2 aliphatic rings.